The van der Waals surface area contributed by atoms with Gasteiger partial charge in [-0.3, -0.25) is 4.98 Å². The Hall–Kier alpha value is -1.44. The molecule has 0 bridgehead atoms. The minimum absolute atomic E-state index is 0.425. The Morgan fingerprint density at radius 3 is 2.50 bits per heavy atom. The summed E-state index contributed by atoms with van der Waals surface area (Å²) in [4.78, 5) is 4.01. The average Bonchev–Trinajstić information content (AvgIpc) is 2.77. The van der Waals surface area contributed by atoms with E-state index >= 15 is 0 Å². The summed E-state index contributed by atoms with van der Waals surface area (Å²) in [6.45, 7) is 4.52. The molecule has 20 heavy (non-hydrogen) atoms. The van der Waals surface area contributed by atoms with Gasteiger partial charge in [-0.25, -0.2) is 12.4 Å². The van der Waals surface area contributed by atoms with Gasteiger partial charge in [0.05, 0.1) is 17.5 Å². The van der Waals surface area contributed by atoms with E-state index in [1.165, 1.54) is 3.97 Å². The lowest BCUT2D eigenvalue weighted by molar-refractivity contribution is -0.142. The van der Waals surface area contributed by atoms with Crippen LogP contribution in [0.1, 0.15) is 25.8 Å². The second-order valence-corrected chi connectivity index (χ2v) is 6.10. The summed E-state index contributed by atoms with van der Waals surface area (Å²) in [5.74, 6) is 0. The van der Waals surface area contributed by atoms with Crippen molar-refractivity contribution in [2.45, 2.75) is 20.1 Å². The first kappa shape index (κ1) is 15.0. The maximum Gasteiger partial charge on any atom is 0.236 e. The largest absolute Gasteiger partial charge is 0.347 e. The van der Waals surface area contributed by atoms with Gasteiger partial charge in [-0.05, 0) is 26.0 Å². The Morgan fingerprint density at radius 2 is 1.95 bits per heavy atom. The highest BCUT2D eigenvalue weighted by Crippen LogP contribution is 2.28. The van der Waals surface area contributed by atoms with Gasteiger partial charge in [-0.15, -0.1) is 0 Å². The van der Waals surface area contributed by atoms with E-state index in [1.807, 2.05) is 13.8 Å². The molecular formula is C13H18N2O4S. The fourth-order valence-electron chi connectivity index (χ4n) is 2.11. The normalized spacial score (nSPS) is 12.4. The van der Waals surface area contributed by atoms with Crippen molar-refractivity contribution in [2.75, 3.05) is 19.5 Å². The second kappa shape index (κ2) is 5.90. The molecule has 2 rings (SSSR count). The molecule has 0 saturated heterocycles. The molecule has 0 aliphatic rings. The van der Waals surface area contributed by atoms with Crippen LogP contribution in [0, 0.1) is 0 Å². The van der Waals surface area contributed by atoms with Gasteiger partial charge in [0.1, 0.15) is 0 Å². The molecule has 6 nitrogen and oxygen atoms in total. The number of pyridine rings is 1. The van der Waals surface area contributed by atoms with Gasteiger partial charge >= 0.3 is 0 Å². The molecule has 0 spiro atoms. The Balaban J connectivity index is 2.67. The first-order chi connectivity index (χ1) is 9.49. The number of fused-ring (bicyclic) bond motifs is 1. The van der Waals surface area contributed by atoms with Crippen LogP contribution in [0.2, 0.25) is 0 Å². The Kier molecular flexibility index (Phi) is 4.42. The van der Waals surface area contributed by atoms with Crippen molar-refractivity contribution in [2.24, 2.45) is 0 Å². The number of rotatable bonds is 6. The molecule has 2 aromatic heterocycles. The maximum atomic E-state index is 12.1. The summed E-state index contributed by atoms with van der Waals surface area (Å²) in [5.41, 5.74) is 1.03. The van der Waals surface area contributed by atoms with Crippen molar-refractivity contribution >= 4 is 20.9 Å². The molecule has 2 aromatic rings. The van der Waals surface area contributed by atoms with E-state index in [-0.39, 0.29) is 0 Å². The predicted molar refractivity (Wildman–Crippen MR) is 76.0 cm³/mol. The molecule has 0 unspecified atom stereocenters. The number of ether oxygens (including phenoxy) is 2. The summed E-state index contributed by atoms with van der Waals surface area (Å²) in [7, 11) is -3.47. The van der Waals surface area contributed by atoms with E-state index in [0.29, 0.717) is 24.4 Å². The van der Waals surface area contributed by atoms with Gasteiger partial charge in [0.2, 0.25) is 10.0 Å². The van der Waals surface area contributed by atoms with E-state index in [4.69, 9.17) is 9.47 Å². The molecule has 0 amide bonds. The molecule has 2 heterocycles. The molecule has 0 radical (unpaired) electrons. The third-order valence-corrected chi connectivity index (χ3v) is 3.86. The number of hydrogen-bond acceptors (Lipinski definition) is 5. The van der Waals surface area contributed by atoms with Gasteiger partial charge in [-0.2, -0.15) is 0 Å². The summed E-state index contributed by atoms with van der Waals surface area (Å²) >= 11 is 0. The Morgan fingerprint density at radius 1 is 1.30 bits per heavy atom. The zero-order valence-corrected chi connectivity index (χ0v) is 12.6. The van der Waals surface area contributed by atoms with Crippen molar-refractivity contribution in [1.82, 2.24) is 8.96 Å². The molecule has 0 aliphatic heterocycles. The van der Waals surface area contributed by atoms with Crippen molar-refractivity contribution in [3.63, 3.8) is 0 Å². The quantitative estimate of drug-likeness (QED) is 0.762. The SMILES string of the molecule is CCOC(OCC)c1cc2cnccc2n1S(C)(=O)=O. The van der Waals surface area contributed by atoms with Crippen LogP contribution < -0.4 is 0 Å². The smallest absolute Gasteiger partial charge is 0.236 e. The lowest BCUT2D eigenvalue weighted by Crippen LogP contribution is -2.19. The lowest BCUT2D eigenvalue weighted by Gasteiger charge is -2.18. The van der Waals surface area contributed by atoms with Crippen molar-refractivity contribution in [3.05, 3.63) is 30.2 Å². The fraction of sp³-hybridized carbons (Fsp3) is 0.462. The van der Waals surface area contributed by atoms with Gasteiger partial charge in [0.15, 0.2) is 6.29 Å². The van der Waals surface area contributed by atoms with Gasteiger partial charge < -0.3 is 9.47 Å². The molecule has 110 valence electrons. The molecular weight excluding hydrogens is 280 g/mol. The summed E-state index contributed by atoms with van der Waals surface area (Å²) in [6.07, 6.45) is 3.62. The van der Waals surface area contributed by atoms with E-state index in [1.54, 1.807) is 24.5 Å². The molecule has 0 fully saturated rings. The van der Waals surface area contributed by atoms with Crippen LogP contribution in [0.4, 0.5) is 0 Å². The monoisotopic (exact) mass is 298 g/mol. The van der Waals surface area contributed by atoms with Crippen LogP contribution in [0.5, 0.6) is 0 Å². The standard InChI is InChI=1S/C13H18N2O4S/c1-4-18-13(19-5-2)12-8-10-9-14-7-6-11(10)15(12)20(3,16)17/h6-9,13H,4-5H2,1-3H3. The molecule has 0 saturated carbocycles. The lowest BCUT2D eigenvalue weighted by atomic mass is 10.3. The van der Waals surface area contributed by atoms with Crippen LogP contribution in [-0.2, 0) is 19.5 Å². The van der Waals surface area contributed by atoms with Gasteiger partial charge in [-0.1, -0.05) is 0 Å². The molecule has 0 N–H and O–H groups in total. The highest BCUT2D eigenvalue weighted by atomic mass is 32.2. The third kappa shape index (κ3) is 2.84. The third-order valence-electron chi connectivity index (χ3n) is 2.79. The molecule has 0 atom stereocenters. The average molecular weight is 298 g/mol. The Labute approximate surface area is 118 Å². The summed E-state index contributed by atoms with van der Waals surface area (Å²) in [5, 5.41) is 0.734. The van der Waals surface area contributed by atoms with E-state index in [9.17, 15) is 8.42 Å². The molecule has 0 aliphatic carbocycles. The van der Waals surface area contributed by atoms with Crippen LogP contribution in [0.3, 0.4) is 0 Å². The van der Waals surface area contributed by atoms with Gasteiger partial charge in [0.25, 0.3) is 0 Å². The first-order valence-corrected chi connectivity index (χ1v) is 8.23. The zero-order valence-electron chi connectivity index (χ0n) is 11.7. The van der Waals surface area contributed by atoms with Crippen LogP contribution in [0.15, 0.2) is 24.5 Å². The van der Waals surface area contributed by atoms with Crippen LogP contribution >= 0.6 is 0 Å². The van der Waals surface area contributed by atoms with Crippen molar-refractivity contribution in [3.8, 4) is 0 Å². The minimum Gasteiger partial charge on any atom is -0.347 e. The predicted octanol–water partition coefficient (Wildman–Crippen LogP) is 1.92. The summed E-state index contributed by atoms with van der Waals surface area (Å²) in [6, 6.07) is 3.40. The molecule has 0 aromatic carbocycles. The highest BCUT2D eigenvalue weighted by molar-refractivity contribution is 7.89. The number of aromatic nitrogens is 2. The summed E-state index contributed by atoms with van der Waals surface area (Å²) < 4.78 is 36.4. The number of nitrogens with zero attached hydrogens (tertiary/aromatic N) is 2. The van der Waals surface area contributed by atoms with Crippen molar-refractivity contribution < 1.29 is 17.9 Å². The zero-order chi connectivity index (χ0) is 14.8. The molecule has 7 heteroatoms. The highest BCUT2D eigenvalue weighted by Gasteiger charge is 2.23. The fourth-order valence-corrected chi connectivity index (χ4v) is 3.15. The second-order valence-electron chi connectivity index (χ2n) is 4.27. The number of hydrogen-bond donors (Lipinski definition) is 0. The van der Waals surface area contributed by atoms with E-state index in [2.05, 4.69) is 4.98 Å². The maximum absolute atomic E-state index is 12.1. The minimum atomic E-state index is -3.47. The van der Waals surface area contributed by atoms with Crippen molar-refractivity contribution in [1.29, 1.82) is 0 Å². The van der Waals surface area contributed by atoms with E-state index in [0.717, 1.165) is 11.6 Å². The van der Waals surface area contributed by atoms with E-state index < -0.39 is 16.3 Å². The first-order valence-electron chi connectivity index (χ1n) is 6.38. The Bertz CT molecular complexity index is 687. The van der Waals surface area contributed by atoms with Gasteiger partial charge in [0, 0.05) is 31.0 Å². The van der Waals surface area contributed by atoms with Crippen LogP contribution in [-0.4, -0.2) is 36.8 Å². The van der Waals surface area contributed by atoms with Crippen LogP contribution in [0.25, 0.3) is 10.9 Å². The topological polar surface area (TPSA) is 70.4 Å².